The monoisotopic (exact) mass is 224 g/mol. The van der Waals surface area contributed by atoms with E-state index in [0.717, 1.165) is 19.4 Å². The van der Waals surface area contributed by atoms with Crippen LogP contribution in [0.5, 0.6) is 0 Å². The number of nitrogens with one attached hydrogen (secondary N) is 1. The van der Waals surface area contributed by atoms with E-state index in [9.17, 15) is 0 Å². The molecule has 0 aromatic carbocycles. The van der Waals surface area contributed by atoms with Crippen LogP contribution in [-0.2, 0) is 4.74 Å². The highest BCUT2D eigenvalue weighted by Crippen LogP contribution is 2.23. The van der Waals surface area contributed by atoms with Gasteiger partial charge in [0.2, 0.25) is 0 Å². The Hall–Kier alpha value is -0.590. The average molecular weight is 224 g/mol. The van der Waals surface area contributed by atoms with Crippen molar-refractivity contribution in [3.63, 3.8) is 0 Å². The molecule has 0 heterocycles. The van der Waals surface area contributed by atoms with Gasteiger partial charge in [-0.15, -0.1) is 0 Å². The molecule has 0 aromatic heterocycles. The lowest BCUT2D eigenvalue weighted by atomic mass is 9.90. The number of ether oxygens (including phenoxy) is 1. The van der Waals surface area contributed by atoms with Gasteiger partial charge in [-0.2, -0.15) is 5.26 Å². The predicted octanol–water partition coefficient (Wildman–Crippen LogP) is 2.47. The summed E-state index contributed by atoms with van der Waals surface area (Å²) in [5, 5.41) is 12.4. The summed E-state index contributed by atoms with van der Waals surface area (Å²) in [6, 6.07) is 2.86. The second-order valence-corrected chi connectivity index (χ2v) is 5.36. The van der Waals surface area contributed by atoms with Crippen molar-refractivity contribution in [3.8, 4) is 6.07 Å². The highest BCUT2D eigenvalue weighted by atomic mass is 16.5. The minimum absolute atomic E-state index is 0.183. The maximum Gasteiger partial charge on any atom is 0.0724 e. The highest BCUT2D eigenvalue weighted by Gasteiger charge is 2.26. The number of nitrogens with zero attached hydrogens (tertiary/aromatic N) is 1. The van der Waals surface area contributed by atoms with Gasteiger partial charge < -0.3 is 10.1 Å². The fourth-order valence-electron chi connectivity index (χ4n) is 2.32. The molecule has 0 amide bonds. The second kappa shape index (κ2) is 6.22. The van der Waals surface area contributed by atoms with Crippen molar-refractivity contribution in [1.29, 1.82) is 5.26 Å². The zero-order chi connectivity index (χ0) is 12.0. The van der Waals surface area contributed by atoms with E-state index in [1.54, 1.807) is 7.11 Å². The summed E-state index contributed by atoms with van der Waals surface area (Å²) in [6.45, 7) is 5.00. The Bertz CT molecular complexity index is 245. The van der Waals surface area contributed by atoms with Crippen LogP contribution in [-0.4, -0.2) is 25.8 Å². The van der Waals surface area contributed by atoms with Crippen molar-refractivity contribution in [3.05, 3.63) is 0 Å². The highest BCUT2D eigenvalue weighted by molar-refractivity contribution is 4.91. The molecule has 3 nitrogen and oxygen atoms in total. The lowest BCUT2D eigenvalue weighted by Gasteiger charge is -2.21. The molecule has 1 rings (SSSR count). The molecule has 0 spiro atoms. The molecule has 16 heavy (non-hydrogen) atoms. The van der Waals surface area contributed by atoms with Crippen LogP contribution in [0.1, 0.15) is 46.0 Å². The van der Waals surface area contributed by atoms with Gasteiger partial charge in [0.25, 0.3) is 0 Å². The fourth-order valence-corrected chi connectivity index (χ4v) is 2.32. The third-order valence-electron chi connectivity index (χ3n) is 3.44. The van der Waals surface area contributed by atoms with Crippen LogP contribution in [0.4, 0.5) is 0 Å². The van der Waals surface area contributed by atoms with Crippen LogP contribution >= 0.6 is 0 Å². The molecule has 1 aliphatic rings. The topological polar surface area (TPSA) is 45.0 Å². The van der Waals surface area contributed by atoms with Crippen molar-refractivity contribution >= 4 is 0 Å². The number of nitriles is 1. The Balaban J connectivity index is 2.14. The van der Waals surface area contributed by atoms with Crippen LogP contribution in [0.25, 0.3) is 0 Å². The molecule has 1 saturated carbocycles. The molecule has 1 aliphatic carbocycles. The van der Waals surface area contributed by atoms with Crippen molar-refractivity contribution in [2.45, 2.75) is 58.1 Å². The van der Waals surface area contributed by atoms with E-state index in [-0.39, 0.29) is 5.41 Å². The largest absolute Gasteiger partial charge is 0.380 e. The van der Waals surface area contributed by atoms with E-state index in [0.29, 0.717) is 12.1 Å². The van der Waals surface area contributed by atoms with Crippen LogP contribution in [0, 0.1) is 16.7 Å². The molecule has 2 unspecified atom stereocenters. The Morgan fingerprint density at radius 2 is 2.19 bits per heavy atom. The predicted molar refractivity (Wildman–Crippen MR) is 65.1 cm³/mol. The van der Waals surface area contributed by atoms with Crippen LogP contribution < -0.4 is 5.32 Å². The molecule has 0 bridgehead atoms. The summed E-state index contributed by atoms with van der Waals surface area (Å²) in [5.41, 5.74) is -0.183. The van der Waals surface area contributed by atoms with Gasteiger partial charge in [-0.05, 0) is 52.5 Å². The summed E-state index contributed by atoms with van der Waals surface area (Å²) in [6.07, 6.45) is 6.08. The Labute approximate surface area is 99.2 Å². The van der Waals surface area contributed by atoms with Crippen LogP contribution in [0.15, 0.2) is 0 Å². The first-order chi connectivity index (χ1) is 7.59. The molecule has 92 valence electrons. The van der Waals surface area contributed by atoms with Crippen molar-refractivity contribution in [2.75, 3.05) is 13.7 Å². The second-order valence-electron chi connectivity index (χ2n) is 5.36. The zero-order valence-electron chi connectivity index (χ0n) is 10.8. The number of hydrogen-bond acceptors (Lipinski definition) is 3. The maximum absolute atomic E-state index is 8.89. The third kappa shape index (κ3) is 4.11. The zero-order valence-corrected chi connectivity index (χ0v) is 10.8. The summed E-state index contributed by atoms with van der Waals surface area (Å²) >= 11 is 0. The number of hydrogen-bond donors (Lipinski definition) is 1. The molecule has 0 saturated heterocycles. The first-order valence-corrected chi connectivity index (χ1v) is 6.26. The van der Waals surface area contributed by atoms with E-state index >= 15 is 0 Å². The van der Waals surface area contributed by atoms with Gasteiger partial charge in [-0.1, -0.05) is 0 Å². The summed E-state index contributed by atoms with van der Waals surface area (Å²) < 4.78 is 5.43. The first-order valence-electron chi connectivity index (χ1n) is 6.26. The van der Waals surface area contributed by atoms with Crippen molar-refractivity contribution < 1.29 is 4.74 Å². The maximum atomic E-state index is 8.89. The van der Waals surface area contributed by atoms with Gasteiger partial charge in [-0.3, -0.25) is 0 Å². The molecular formula is C13H24N2O. The quantitative estimate of drug-likeness (QED) is 0.705. The Kier molecular flexibility index (Phi) is 5.24. The molecule has 1 fully saturated rings. The fraction of sp³-hybridized carbons (Fsp3) is 0.923. The van der Waals surface area contributed by atoms with E-state index < -0.39 is 0 Å². The molecule has 0 aliphatic heterocycles. The van der Waals surface area contributed by atoms with E-state index in [1.807, 2.05) is 13.8 Å². The standard InChI is InChI=1S/C13H24N2O/c1-13(2,10-14)8-5-9-15-11-6-4-7-12(11)16-3/h11-12,15H,4-9H2,1-3H3. The van der Waals surface area contributed by atoms with Gasteiger partial charge >= 0.3 is 0 Å². The van der Waals surface area contributed by atoms with Crippen molar-refractivity contribution in [1.82, 2.24) is 5.32 Å². The summed E-state index contributed by atoms with van der Waals surface area (Å²) in [4.78, 5) is 0. The van der Waals surface area contributed by atoms with Gasteiger partial charge in [-0.25, -0.2) is 0 Å². The molecule has 0 aromatic rings. The molecule has 1 N–H and O–H groups in total. The van der Waals surface area contributed by atoms with Gasteiger partial charge in [0.05, 0.1) is 17.6 Å². The van der Waals surface area contributed by atoms with E-state index in [4.69, 9.17) is 10.00 Å². The average Bonchev–Trinajstić information content (AvgIpc) is 2.72. The SMILES string of the molecule is COC1CCCC1NCCCC(C)(C)C#N. The van der Waals surface area contributed by atoms with Gasteiger partial charge in [0.1, 0.15) is 0 Å². The third-order valence-corrected chi connectivity index (χ3v) is 3.44. The Morgan fingerprint density at radius 3 is 2.81 bits per heavy atom. The van der Waals surface area contributed by atoms with E-state index in [2.05, 4.69) is 11.4 Å². The normalized spacial score (nSPS) is 25.6. The number of methoxy groups -OCH3 is 1. The lowest BCUT2D eigenvalue weighted by Crippen LogP contribution is -2.37. The first kappa shape index (κ1) is 13.5. The number of rotatable bonds is 6. The Morgan fingerprint density at radius 1 is 1.44 bits per heavy atom. The summed E-state index contributed by atoms with van der Waals surface area (Å²) in [7, 11) is 1.80. The molecular weight excluding hydrogens is 200 g/mol. The minimum Gasteiger partial charge on any atom is -0.380 e. The molecule has 3 heteroatoms. The molecule has 0 radical (unpaired) electrons. The molecule has 2 atom stereocenters. The smallest absolute Gasteiger partial charge is 0.0724 e. The van der Waals surface area contributed by atoms with Crippen LogP contribution in [0.2, 0.25) is 0 Å². The lowest BCUT2D eigenvalue weighted by molar-refractivity contribution is 0.0850. The minimum atomic E-state index is -0.183. The van der Waals surface area contributed by atoms with Gasteiger partial charge in [0, 0.05) is 13.2 Å². The summed E-state index contributed by atoms with van der Waals surface area (Å²) in [5.74, 6) is 0. The van der Waals surface area contributed by atoms with Crippen molar-refractivity contribution in [2.24, 2.45) is 5.41 Å². The van der Waals surface area contributed by atoms with E-state index in [1.165, 1.54) is 19.3 Å². The van der Waals surface area contributed by atoms with Gasteiger partial charge in [0.15, 0.2) is 0 Å². The van der Waals surface area contributed by atoms with Crippen LogP contribution in [0.3, 0.4) is 0 Å².